The average Bonchev–Trinajstić information content (AvgIpc) is 2.48. The first-order valence-corrected chi connectivity index (χ1v) is 6.89. The Kier molecular flexibility index (Phi) is 4.77. The monoisotopic (exact) mass is 269 g/mol. The molecule has 2 rings (SSSR count). The fraction of sp³-hybridized carbons (Fsp3) is 0.235. The third-order valence-corrected chi connectivity index (χ3v) is 3.18. The second kappa shape index (κ2) is 6.75. The number of carbonyl (C=O) groups is 1. The van der Waals surface area contributed by atoms with Crippen molar-refractivity contribution in [3.8, 4) is 5.75 Å². The summed E-state index contributed by atoms with van der Waals surface area (Å²) in [6, 6.07) is 15.1. The molecule has 20 heavy (non-hydrogen) atoms. The Labute approximate surface area is 119 Å². The number of amides is 1. The molecule has 3 nitrogen and oxygen atoms in total. The van der Waals surface area contributed by atoms with E-state index in [0.717, 1.165) is 29.7 Å². The number of benzene rings is 2. The molecule has 0 fully saturated rings. The lowest BCUT2D eigenvalue weighted by Gasteiger charge is -2.14. The lowest BCUT2D eigenvalue weighted by atomic mass is 10.0. The second-order valence-electron chi connectivity index (χ2n) is 4.49. The Bertz CT molecular complexity index is 557. The van der Waals surface area contributed by atoms with E-state index in [1.54, 1.807) is 12.1 Å². The number of nitrogens with one attached hydrogen (secondary N) is 1. The Hall–Kier alpha value is -2.29. The molecular weight excluding hydrogens is 250 g/mol. The van der Waals surface area contributed by atoms with Crippen LogP contribution in [0.4, 0.5) is 10.5 Å². The smallest absolute Gasteiger partial charge is 0.410 e. The van der Waals surface area contributed by atoms with E-state index in [1.807, 2.05) is 36.4 Å². The highest BCUT2D eigenvalue weighted by Crippen LogP contribution is 2.23. The van der Waals surface area contributed by atoms with Gasteiger partial charge in [-0.05, 0) is 36.1 Å². The van der Waals surface area contributed by atoms with Gasteiger partial charge in [0.05, 0.1) is 5.69 Å². The second-order valence-corrected chi connectivity index (χ2v) is 4.49. The van der Waals surface area contributed by atoms with Crippen LogP contribution in [0.25, 0.3) is 0 Å². The number of rotatable bonds is 4. The van der Waals surface area contributed by atoms with E-state index in [4.69, 9.17) is 4.74 Å². The van der Waals surface area contributed by atoms with Crippen LogP contribution in [0.15, 0.2) is 48.5 Å². The molecule has 0 aliphatic heterocycles. The Balaban J connectivity index is 2.15. The maximum atomic E-state index is 12.0. The molecule has 0 bridgehead atoms. The molecular formula is C17H19NO2. The molecule has 2 aromatic rings. The molecule has 0 aliphatic rings. The number of hydrogen-bond donors (Lipinski definition) is 1. The van der Waals surface area contributed by atoms with Crippen molar-refractivity contribution < 1.29 is 9.53 Å². The lowest BCUT2D eigenvalue weighted by molar-refractivity contribution is 0.215. The molecule has 0 unspecified atom stereocenters. The van der Waals surface area contributed by atoms with E-state index in [-0.39, 0.29) is 0 Å². The molecule has 0 radical (unpaired) electrons. The summed E-state index contributed by atoms with van der Waals surface area (Å²) in [5.41, 5.74) is 3.11. The van der Waals surface area contributed by atoms with Crippen molar-refractivity contribution >= 4 is 11.8 Å². The van der Waals surface area contributed by atoms with Gasteiger partial charge >= 0.3 is 6.09 Å². The highest BCUT2D eigenvalue weighted by molar-refractivity contribution is 5.88. The summed E-state index contributed by atoms with van der Waals surface area (Å²) in [6.45, 7) is 4.14. The van der Waals surface area contributed by atoms with Gasteiger partial charge in [0.1, 0.15) is 5.75 Å². The van der Waals surface area contributed by atoms with Gasteiger partial charge in [0.25, 0.3) is 0 Å². The first-order chi connectivity index (χ1) is 9.74. The van der Waals surface area contributed by atoms with Gasteiger partial charge in [-0.2, -0.15) is 0 Å². The van der Waals surface area contributed by atoms with Crippen LogP contribution in [-0.4, -0.2) is 6.09 Å². The van der Waals surface area contributed by atoms with Crippen LogP contribution in [0, 0.1) is 0 Å². The van der Waals surface area contributed by atoms with E-state index < -0.39 is 6.09 Å². The number of aryl methyl sites for hydroxylation is 2. The van der Waals surface area contributed by atoms with Crippen LogP contribution < -0.4 is 10.1 Å². The number of anilines is 1. The minimum atomic E-state index is -0.452. The molecule has 0 aromatic heterocycles. The van der Waals surface area contributed by atoms with E-state index in [2.05, 4.69) is 19.2 Å². The van der Waals surface area contributed by atoms with Crippen LogP contribution in [0.1, 0.15) is 25.0 Å². The minimum Gasteiger partial charge on any atom is -0.410 e. The fourth-order valence-electron chi connectivity index (χ4n) is 2.13. The normalized spacial score (nSPS) is 10.1. The molecule has 1 amide bonds. The lowest BCUT2D eigenvalue weighted by Crippen LogP contribution is -2.18. The van der Waals surface area contributed by atoms with Gasteiger partial charge in [-0.3, -0.25) is 5.32 Å². The third-order valence-electron chi connectivity index (χ3n) is 3.18. The van der Waals surface area contributed by atoms with Gasteiger partial charge in [0.2, 0.25) is 0 Å². The van der Waals surface area contributed by atoms with Crippen molar-refractivity contribution in [2.75, 3.05) is 5.32 Å². The molecule has 0 heterocycles. The summed E-state index contributed by atoms with van der Waals surface area (Å²) >= 11 is 0. The van der Waals surface area contributed by atoms with E-state index >= 15 is 0 Å². The van der Waals surface area contributed by atoms with E-state index in [9.17, 15) is 4.79 Å². The summed E-state index contributed by atoms with van der Waals surface area (Å²) in [6.07, 6.45) is 1.29. The molecule has 0 spiro atoms. The van der Waals surface area contributed by atoms with Gasteiger partial charge in [-0.15, -0.1) is 0 Å². The molecule has 1 N–H and O–H groups in total. The van der Waals surface area contributed by atoms with Gasteiger partial charge < -0.3 is 4.74 Å². The molecule has 0 saturated heterocycles. The van der Waals surface area contributed by atoms with Crippen molar-refractivity contribution in [3.05, 3.63) is 59.7 Å². The van der Waals surface area contributed by atoms with Crippen molar-refractivity contribution in [2.24, 2.45) is 0 Å². The first kappa shape index (κ1) is 14.1. The molecule has 0 saturated carbocycles. The van der Waals surface area contributed by atoms with Crippen molar-refractivity contribution in [1.29, 1.82) is 0 Å². The molecule has 0 aliphatic carbocycles. The number of hydrogen-bond acceptors (Lipinski definition) is 2. The average molecular weight is 269 g/mol. The van der Waals surface area contributed by atoms with E-state index in [1.165, 1.54) is 0 Å². The van der Waals surface area contributed by atoms with Crippen molar-refractivity contribution in [1.82, 2.24) is 0 Å². The Morgan fingerprint density at radius 2 is 1.55 bits per heavy atom. The minimum absolute atomic E-state index is 0.452. The Morgan fingerprint density at radius 3 is 2.10 bits per heavy atom. The van der Waals surface area contributed by atoms with Crippen molar-refractivity contribution in [3.63, 3.8) is 0 Å². The zero-order valence-electron chi connectivity index (χ0n) is 11.8. The highest BCUT2D eigenvalue weighted by Gasteiger charge is 2.11. The van der Waals surface area contributed by atoms with Gasteiger partial charge in [-0.25, -0.2) is 4.79 Å². The van der Waals surface area contributed by atoms with Crippen LogP contribution in [0.2, 0.25) is 0 Å². The van der Waals surface area contributed by atoms with Gasteiger partial charge in [0.15, 0.2) is 0 Å². The van der Waals surface area contributed by atoms with Crippen LogP contribution in [0.5, 0.6) is 5.75 Å². The number of para-hydroxylation sites is 2. The molecule has 0 atom stereocenters. The van der Waals surface area contributed by atoms with Crippen molar-refractivity contribution in [2.45, 2.75) is 26.7 Å². The first-order valence-electron chi connectivity index (χ1n) is 6.89. The Morgan fingerprint density at radius 1 is 0.950 bits per heavy atom. The third kappa shape index (κ3) is 3.38. The van der Waals surface area contributed by atoms with Crippen LogP contribution in [0.3, 0.4) is 0 Å². The zero-order chi connectivity index (χ0) is 14.4. The standard InChI is InChI=1S/C17H19NO2/c1-3-13-9-8-10-14(4-2)16(13)18-17(19)20-15-11-6-5-7-12-15/h5-12H,3-4H2,1-2H3,(H,18,19). The predicted molar refractivity (Wildman–Crippen MR) is 81.3 cm³/mol. The number of ether oxygens (including phenoxy) is 1. The summed E-state index contributed by atoms with van der Waals surface area (Å²) < 4.78 is 5.27. The summed E-state index contributed by atoms with van der Waals surface area (Å²) in [5.74, 6) is 0.539. The number of carbonyl (C=O) groups excluding carboxylic acids is 1. The maximum Gasteiger partial charge on any atom is 0.417 e. The predicted octanol–water partition coefficient (Wildman–Crippen LogP) is 4.42. The topological polar surface area (TPSA) is 38.3 Å². The van der Waals surface area contributed by atoms with E-state index in [0.29, 0.717) is 5.75 Å². The fourth-order valence-corrected chi connectivity index (χ4v) is 2.13. The SMILES string of the molecule is CCc1cccc(CC)c1NC(=O)Oc1ccccc1. The summed E-state index contributed by atoms with van der Waals surface area (Å²) in [4.78, 5) is 12.0. The molecule has 3 heteroatoms. The van der Waals surface area contributed by atoms with Crippen LogP contribution >= 0.6 is 0 Å². The quantitative estimate of drug-likeness (QED) is 0.892. The molecule has 104 valence electrons. The van der Waals surface area contributed by atoms with Gasteiger partial charge in [0, 0.05) is 0 Å². The zero-order valence-corrected chi connectivity index (χ0v) is 11.8. The molecule has 2 aromatic carbocycles. The summed E-state index contributed by atoms with van der Waals surface area (Å²) in [7, 11) is 0. The maximum absolute atomic E-state index is 12.0. The highest BCUT2D eigenvalue weighted by atomic mass is 16.6. The summed E-state index contributed by atoms with van der Waals surface area (Å²) in [5, 5.41) is 2.87. The largest absolute Gasteiger partial charge is 0.417 e. The van der Waals surface area contributed by atoms with Gasteiger partial charge in [-0.1, -0.05) is 50.2 Å². The van der Waals surface area contributed by atoms with Crippen LogP contribution in [-0.2, 0) is 12.8 Å².